The minimum Gasteiger partial charge on any atom is -0.493 e. The van der Waals surface area contributed by atoms with Gasteiger partial charge < -0.3 is 20.1 Å². The summed E-state index contributed by atoms with van der Waals surface area (Å²) in [5, 5.41) is 10.5. The van der Waals surface area contributed by atoms with E-state index in [-0.39, 0.29) is 17.6 Å². The summed E-state index contributed by atoms with van der Waals surface area (Å²) < 4.78 is 10.9. The minimum absolute atomic E-state index is 0.00294. The second kappa shape index (κ2) is 10.3. The standard InChI is InChI=1S/C30H30N2O4S/c1-17-7-5-6-8-22(17)32-30(34)27-18(2)31-23-13-21(19-9-10-25(35-3)26(15-19)36-4)14-24(33)29(23)28(27)20-11-12-37-16-20/h5-12,15-16,21,28,31H,13-14H2,1-4H3,(H,32,34)/t21-,28+/m1/s1. The first-order valence-electron chi connectivity index (χ1n) is 12.3. The normalized spacial score (nSPS) is 19.3. The minimum atomic E-state index is -0.412. The molecule has 0 saturated carbocycles. The maximum absolute atomic E-state index is 13.8. The van der Waals surface area contributed by atoms with Gasteiger partial charge in [-0.25, -0.2) is 0 Å². The molecule has 1 aliphatic heterocycles. The van der Waals surface area contributed by atoms with Crippen molar-refractivity contribution in [1.29, 1.82) is 0 Å². The van der Waals surface area contributed by atoms with Gasteiger partial charge in [-0.05, 0) is 77.9 Å². The molecule has 1 amide bonds. The number of carbonyl (C=O) groups is 2. The Labute approximate surface area is 221 Å². The lowest BCUT2D eigenvalue weighted by molar-refractivity contribution is -0.116. The van der Waals surface area contributed by atoms with Gasteiger partial charge in [0.05, 0.1) is 14.2 Å². The number of benzene rings is 2. The molecule has 0 spiro atoms. The Morgan fingerprint density at radius 1 is 1.00 bits per heavy atom. The van der Waals surface area contributed by atoms with E-state index in [9.17, 15) is 9.59 Å². The third kappa shape index (κ3) is 4.67. The summed E-state index contributed by atoms with van der Waals surface area (Å²) in [6.45, 7) is 3.88. The molecule has 5 rings (SSSR count). The Morgan fingerprint density at radius 2 is 1.78 bits per heavy atom. The van der Waals surface area contributed by atoms with Crippen LogP contribution in [0.3, 0.4) is 0 Å². The van der Waals surface area contributed by atoms with Crippen LogP contribution in [0.15, 0.2) is 81.8 Å². The Bertz CT molecular complexity index is 1420. The fraction of sp³-hybridized carbons (Fsp3) is 0.267. The lowest BCUT2D eigenvalue weighted by Crippen LogP contribution is -2.37. The molecule has 1 aromatic heterocycles. The van der Waals surface area contributed by atoms with Crippen LogP contribution < -0.4 is 20.1 Å². The Morgan fingerprint density at radius 3 is 2.49 bits per heavy atom. The molecule has 2 heterocycles. The van der Waals surface area contributed by atoms with Crippen molar-refractivity contribution in [2.24, 2.45) is 0 Å². The van der Waals surface area contributed by atoms with Gasteiger partial charge in [0.25, 0.3) is 5.91 Å². The number of ketones is 1. The molecule has 7 heteroatoms. The van der Waals surface area contributed by atoms with Crippen LogP contribution in [0.4, 0.5) is 5.69 Å². The van der Waals surface area contributed by atoms with Gasteiger partial charge in [0.2, 0.25) is 0 Å². The first-order valence-corrected chi connectivity index (χ1v) is 13.2. The van der Waals surface area contributed by atoms with Crippen molar-refractivity contribution in [2.45, 2.75) is 38.5 Å². The van der Waals surface area contributed by atoms with Crippen LogP contribution in [-0.4, -0.2) is 25.9 Å². The molecule has 0 fully saturated rings. The predicted molar refractivity (Wildman–Crippen MR) is 146 cm³/mol. The molecule has 2 aliphatic rings. The summed E-state index contributed by atoms with van der Waals surface area (Å²) in [5.41, 5.74) is 6.66. The summed E-state index contributed by atoms with van der Waals surface area (Å²) in [4.78, 5) is 27.4. The van der Waals surface area contributed by atoms with Crippen LogP contribution in [0, 0.1) is 6.92 Å². The van der Waals surface area contributed by atoms with Crippen molar-refractivity contribution >= 4 is 28.7 Å². The first-order chi connectivity index (χ1) is 17.9. The van der Waals surface area contributed by atoms with Gasteiger partial charge in [-0.1, -0.05) is 24.3 Å². The number of methoxy groups -OCH3 is 2. The molecule has 2 aromatic carbocycles. The number of aryl methyl sites for hydroxylation is 1. The van der Waals surface area contributed by atoms with Gasteiger partial charge in [0, 0.05) is 40.6 Å². The van der Waals surface area contributed by atoms with E-state index in [0.29, 0.717) is 35.5 Å². The van der Waals surface area contributed by atoms with Crippen LogP contribution >= 0.6 is 11.3 Å². The third-order valence-corrected chi connectivity index (χ3v) is 7.92. The fourth-order valence-corrected chi connectivity index (χ4v) is 6.04. The Hall–Kier alpha value is -3.84. The van der Waals surface area contributed by atoms with Crippen LogP contribution in [0.1, 0.15) is 48.3 Å². The quantitative estimate of drug-likeness (QED) is 0.417. The summed E-state index contributed by atoms with van der Waals surface area (Å²) >= 11 is 1.57. The number of allylic oxidation sites excluding steroid dienone is 3. The van der Waals surface area contributed by atoms with Crippen molar-refractivity contribution in [3.05, 3.63) is 98.5 Å². The third-order valence-electron chi connectivity index (χ3n) is 7.22. The Balaban J connectivity index is 1.51. The molecule has 1 aliphatic carbocycles. The zero-order valence-electron chi connectivity index (χ0n) is 21.4. The van der Waals surface area contributed by atoms with Gasteiger partial charge in [0.1, 0.15) is 0 Å². The zero-order valence-corrected chi connectivity index (χ0v) is 22.2. The molecule has 37 heavy (non-hydrogen) atoms. The van der Waals surface area contributed by atoms with E-state index in [0.717, 1.165) is 33.8 Å². The number of hydrogen-bond donors (Lipinski definition) is 2. The average Bonchev–Trinajstić information content (AvgIpc) is 3.43. The number of hydrogen-bond acceptors (Lipinski definition) is 6. The van der Waals surface area contributed by atoms with Crippen molar-refractivity contribution in [3.63, 3.8) is 0 Å². The summed E-state index contributed by atoms with van der Waals surface area (Å²) in [6.07, 6.45) is 1.03. The fourth-order valence-electron chi connectivity index (χ4n) is 5.36. The number of amides is 1. The monoisotopic (exact) mass is 514 g/mol. The van der Waals surface area contributed by atoms with Crippen molar-refractivity contribution in [2.75, 3.05) is 19.5 Å². The van der Waals surface area contributed by atoms with Gasteiger partial charge >= 0.3 is 0 Å². The lowest BCUT2D eigenvalue weighted by Gasteiger charge is -2.36. The van der Waals surface area contributed by atoms with Crippen molar-refractivity contribution in [3.8, 4) is 11.5 Å². The summed E-state index contributed by atoms with van der Waals surface area (Å²) in [6, 6.07) is 15.5. The second-order valence-corrected chi connectivity index (χ2v) is 10.2. The molecule has 0 unspecified atom stereocenters. The number of anilines is 1. The van der Waals surface area contributed by atoms with Gasteiger partial charge in [-0.2, -0.15) is 11.3 Å². The highest BCUT2D eigenvalue weighted by molar-refractivity contribution is 7.08. The van der Waals surface area contributed by atoms with Gasteiger partial charge in [-0.15, -0.1) is 0 Å². The van der Waals surface area contributed by atoms with Crippen LogP contribution in [0.2, 0.25) is 0 Å². The van der Waals surface area contributed by atoms with E-state index in [1.54, 1.807) is 25.6 Å². The molecule has 3 aromatic rings. The highest BCUT2D eigenvalue weighted by Crippen LogP contribution is 2.46. The highest BCUT2D eigenvalue weighted by atomic mass is 32.1. The van der Waals surface area contributed by atoms with Crippen molar-refractivity contribution < 1.29 is 19.1 Å². The van der Waals surface area contributed by atoms with E-state index in [4.69, 9.17) is 9.47 Å². The van der Waals surface area contributed by atoms with Crippen LogP contribution in [0.25, 0.3) is 0 Å². The van der Waals surface area contributed by atoms with Crippen molar-refractivity contribution in [1.82, 2.24) is 5.32 Å². The molecular weight excluding hydrogens is 484 g/mol. The summed E-state index contributed by atoms with van der Waals surface area (Å²) in [7, 11) is 3.22. The SMILES string of the molecule is COc1ccc([C@H]2CC(=O)C3=C(C2)NC(C)=C(C(=O)Nc2ccccc2C)[C@@H]3c2ccsc2)cc1OC. The number of dihydropyridines is 1. The second-order valence-electron chi connectivity index (χ2n) is 9.46. The number of ether oxygens (including phenoxy) is 2. The Kier molecular flexibility index (Phi) is 6.89. The summed E-state index contributed by atoms with van der Waals surface area (Å²) in [5.74, 6) is 0.744. The van der Waals surface area contributed by atoms with E-state index in [1.807, 2.05) is 73.1 Å². The highest BCUT2D eigenvalue weighted by Gasteiger charge is 2.41. The number of nitrogens with one attached hydrogen (secondary N) is 2. The first kappa shape index (κ1) is 24.8. The molecule has 190 valence electrons. The average molecular weight is 515 g/mol. The number of thiophene rings is 1. The van der Waals surface area contributed by atoms with E-state index >= 15 is 0 Å². The molecular formula is C30H30N2O4S. The maximum atomic E-state index is 13.8. The molecule has 6 nitrogen and oxygen atoms in total. The smallest absolute Gasteiger partial charge is 0.254 e. The van der Waals surface area contributed by atoms with Gasteiger partial charge in [0.15, 0.2) is 17.3 Å². The maximum Gasteiger partial charge on any atom is 0.254 e. The molecule has 2 N–H and O–H groups in total. The van der Waals surface area contributed by atoms with E-state index < -0.39 is 5.92 Å². The van der Waals surface area contributed by atoms with E-state index in [1.165, 1.54) is 0 Å². The number of carbonyl (C=O) groups excluding carboxylic acids is 2. The number of para-hydroxylation sites is 1. The molecule has 2 atom stereocenters. The van der Waals surface area contributed by atoms with Crippen LogP contribution in [-0.2, 0) is 9.59 Å². The zero-order chi connectivity index (χ0) is 26.1. The van der Waals surface area contributed by atoms with Gasteiger partial charge in [-0.3, -0.25) is 9.59 Å². The van der Waals surface area contributed by atoms with E-state index in [2.05, 4.69) is 10.6 Å². The van der Waals surface area contributed by atoms with Crippen LogP contribution in [0.5, 0.6) is 11.5 Å². The molecule has 0 radical (unpaired) electrons. The largest absolute Gasteiger partial charge is 0.493 e. The number of Topliss-reactive ketones (excluding diaryl/α,β-unsaturated/α-hetero) is 1. The number of rotatable bonds is 6. The lowest BCUT2D eigenvalue weighted by atomic mass is 9.72. The molecule has 0 bridgehead atoms. The topological polar surface area (TPSA) is 76.7 Å². The molecule has 0 saturated heterocycles. The predicted octanol–water partition coefficient (Wildman–Crippen LogP) is 6.07.